The molecule has 0 spiro atoms. The van der Waals surface area contributed by atoms with Crippen LogP contribution in [0.4, 0.5) is 10.2 Å². The molecule has 1 aromatic heterocycles. The van der Waals surface area contributed by atoms with E-state index in [1.165, 1.54) is 12.3 Å². The van der Waals surface area contributed by atoms with Gasteiger partial charge in [-0.2, -0.15) is 0 Å². The Morgan fingerprint density at radius 3 is 2.62 bits per heavy atom. The highest BCUT2D eigenvalue weighted by molar-refractivity contribution is 5.85. The summed E-state index contributed by atoms with van der Waals surface area (Å²) in [7, 11) is 0. The van der Waals surface area contributed by atoms with Gasteiger partial charge in [0.25, 0.3) is 0 Å². The average molecular weight is 268 g/mol. The Balaban J connectivity index is 0. The minimum atomic E-state index is -0.363. The molecular formula is C10H16Cl2FN3. The highest BCUT2D eigenvalue weighted by Gasteiger charge is 1.99. The van der Waals surface area contributed by atoms with Crippen LogP contribution in [-0.4, -0.2) is 11.0 Å². The summed E-state index contributed by atoms with van der Waals surface area (Å²) in [6, 6.07) is 1.28. The Kier molecular flexibility index (Phi) is 9.14. The van der Waals surface area contributed by atoms with Gasteiger partial charge in [-0.05, 0) is 13.3 Å². The van der Waals surface area contributed by atoms with Gasteiger partial charge in [-0.25, -0.2) is 9.37 Å². The molecule has 1 aromatic rings. The van der Waals surface area contributed by atoms with Crippen LogP contribution in [0.2, 0.25) is 0 Å². The topological polar surface area (TPSA) is 64.9 Å². The first-order chi connectivity index (χ1) is 6.59. The Bertz CT molecular complexity index is 343. The molecular weight excluding hydrogens is 252 g/mol. The highest BCUT2D eigenvalue weighted by atomic mass is 35.5. The van der Waals surface area contributed by atoms with Crippen LogP contribution in [-0.2, 0) is 0 Å². The quantitative estimate of drug-likeness (QED) is 0.884. The fourth-order valence-corrected chi connectivity index (χ4v) is 0.988. The zero-order valence-electron chi connectivity index (χ0n) is 8.89. The van der Waals surface area contributed by atoms with Crippen LogP contribution in [0.3, 0.4) is 0 Å². The first kappa shape index (κ1) is 17.6. The van der Waals surface area contributed by atoms with Crippen LogP contribution >= 0.6 is 24.8 Å². The van der Waals surface area contributed by atoms with Gasteiger partial charge in [0.1, 0.15) is 11.6 Å². The van der Waals surface area contributed by atoms with Gasteiger partial charge in [0.2, 0.25) is 0 Å². The molecule has 1 atom stereocenters. The second kappa shape index (κ2) is 8.33. The van der Waals surface area contributed by atoms with E-state index < -0.39 is 0 Å². The fraction of sp³-hybridized carbons (Fsp3) is 0.300. The van der Waals surface area contributed by atoms with E-state index in [2.05, 4.69) is 4.98 Å². The molecule has 92 valence electrons. The summed E-state index contributed by atoms with van der Waals surface area (Å²) in [4.78, 5) is 3.79. The Morgan fingerprint density at radius 1 is 1.50 bits per heavy atom. The molecule has 6 heteroatoms. The van der Waals surface area contributed by atoms with Gasteiger partial charge in [-0.1, -0.05) is 12.2 Å². The average Bonchev–Trinajstić information content (AvgIpc) is 2.08. The van der Waals surface area contributed by atoms with Crippen molar-refractivity contribution in [3.05, 3.63) is 29.7 Å². The van der Waals surface area contributed by atoms with E-state index in [1.54, 1.807) is 6.08 Å². The standard InChI is InChI=1S/C10H14FN3.2ClH/c1-7(12)3-2-4-8-6-14-10(13)5-9(8)11;;/h2,4-7H,3,12H2,1H3,(H2,13,14);2*1H/b4-2+;;/t7-;;/m0../s1. The smallest absolute Gasteiger partial charge is 0.135 e. The third kappa shape index (κ3) is 5.90. The monoisotopic (exact) mass is 267 g/mol. The first-order valence-corrected chi connectivity index (χ1v) is 4.42. The lowest BCUT2D eigenvalue weighted by Crippen LogP contribution is -2.12. The van der Waals surface area contributed by atoms with E-state index in [9.17, 15) is 4.39 Å². The molecule has 0 aromatic carbocycles. The summed E-state index contributed by atoms with van der Waals surface area (Å²) in [5.41, 5.74) is 11.3. The van der Waals surface area contributed by atoms with Crippen molar-refractivity contribution in [1.82, 2.24) is 4.98 Å². The second-order valence-corrected chi connectivity index (χ2v) is 3.25. The van der Waals surface area contributed by atoms with Gasteiger partial charge in [-0.3, -0.25) is 0 Å². The third-order valence-electron chi connectivity index (χ3n) is 1.71. The molecule has 0 saturated carbocycles. The maximum absolute atomic E-state index is 13.2. The zero-order chi connectivity index (χ0) is 10.6. The van der Waals surface area contributed by atoms with Crippen molar-refractivity contribution in [1.29, 1.82) is 0 Å². The van der Waals surface area contributed by atoms with Crippen LogP contribution < -0.4 is 11.5 Å². The molecule has 16 heavy (non-hydrogen) atoms. The lowest BCUT2D eigenvalue weighted by Gasteiger charge is -1.99. The number of nitrogen functional groups attached to an aromatic ring is 1. The van der Waals surface area contributed by atoms with Crippen molar-refractivity contribution in [3.8, 4) is 0 Å². The van der Waals surface area contributed by atoms with Crippen LogP contribution in [0.15, 0.2) is 18.3 Å². The Hall–Kier alpha value is -0.840. The summed E-state index contributed by atoms with van der Waals surface area (Å²) in [5.74, 6) is -0.176. The lowest BCUT2D eigenvalue weighted by molar-refractivity contribution is 0.623. The zero-order valence-corrected chi connectivity index (χ0v) is 10.5. The van der Waals surface area contributed by atoms with Crippen molar-refractivity contribution < 1.29 is 4.39 Å². The minimum Gasteiger partial charge on any atom is -0.384 e. The number of hydrogen-bond donors (Lipinski definition) is 2. The van der Waals surface area contributed by atoms with Crippen molar-refractivity contribution in [3.63, 3.8) is 0 Å². The SMILES string of the molecule is C[C@H](N)C/C=C/c1cnc(N)cc1F.Cl.Cl. The van der Waals surface area contributed by atoms with Crippen molar-refractivity contribution in [2.75, 3.05) is 5.73 Å². The van der Waals surface area contributed by atoms with E-state index in [0.29, 0.717) is 12.0 Å². The number of hydrogen-bond acceptors (Lipinski definition) is 3. The summed E-state index contributed by atoms with van der Waals surface area (Å²) < 4.78 is 13.2. The van der Waals surface area contributed by atoms with Crippen LogP contribution in [0.25, 0.3) is 6.08 Å². The molecule has 0 fully saturated rings. The summed E-state index contributed by atoms with van der Waals surface area (Å²) >= 11 is 0. The number of rotatable bonds is 3. The van der Waals surface area contributed by atoms with E-state index in [1.807, 2.05) is 13.0 Å². The number of pyridine rings is 1. The second-order valence-electron chi connectivity index (χ2n) is 3.25. The molecule has 0 unspecified atom stereocenters. The number of halogens is 3. The van der Waals surface area contributed by atoms with Gasteiger partial charge in [0.15, 0.2) is 0 Å². The van der Waals surface area contributed by atoms with Gasteiger partial charge in [-0.15, -0.1) is 24.8 Å². The molecule has 1 rings (SSSR count). The number of nitrogens with zero attached hydrogens (tertiary/aromatic N) is 1. The fourth-order valence-electron chi connectivity index (χ4n) is 0.988. The van der Waals surface area contributed by atoms with Crippen LogP contribution in [0, 0.1) is 5.82 Å². The van der Waals surface area contributed by atoms with Gasteiger partial charge in [0.05, 0.1) is 0 Å². The van der Waals surface area contributed by atoms with E-state index in [0.717, 1.165) is 0 Å². The summed E-state index contributed by atoms with van der Waals surface area (Å²) in [6.45, 7) is 1.89. The lowest BCUT2D eigenvalue weighted by atomic mass is 10.2. The molecule has 0 aliphatic heterocycles. The third-order valence-corrected chi connectivity index (χ3v) is 1.71. The van der Waals surface area contributed by atoms with Crippen molar-refractivity contribution in [2.24, 2.45) is 5.73 Å². The van der Waals surface area contributed by atoms with Gasteiger partial charge < -0.3 is 11.5 Å². The first-order valence-electron chi connectivity index (χ1n) is 4.42. The molecule has 0 aliphatic rings. The summed E-state index contributed by atoms with van der Waals surface area (Å²) in [6.07, 6.45) is 5.60. The predicted molar refractivity (Wildman–Crippen MR) is 70.4 cm³/mol. The van der Waals surface area contributed by atoms with E-state index >= 15 is 0 Å². The van der Waals surface area contributed by atoms with E-state index in [-0.39, 0.29) is 42.5 Å². The van der Waals surface area contributed by atoms with Crippen molar-refractivity contribution >= 4 is 36.7 Å². The molecule has 0 bridgehead atoms. The van der Waals surface area contributed by atoms with E-state index in [4.69, 9.17) is 11.5 Å². The number of aromatic nitrogens is 1. The van der Waals surface area contributed by atoms with Crippen molar-refractivity contribution in [2.45, 2.75) is 19.4 Å². The molecule has 0 radical (unpaired) electrons. The van der Waals surface area contributed by atoms with Crippen LogP contribution in [0.5, 0.6) is 0 Å². The van der Waals surface area contributed by atoms with Gasteiger partial charge >= 0.3 is 0 Å². The van der Waals surface area contributed by atoms with Crippen LogP contribution in [0.1, 0.15) is 18.9 Å². The predicted octanol–water partition coefficient (Wildman–Crippen LogP) is 2.40. The molecule has 4 N–H and O–H groups in total. The normalized spacial score (nSPS) is 11.7. The van der Waals surface area contributed by atoms with Gasteiger partial charge in [0, 0.05) is 23.9 Å². The number of nitrogens with two attached hydrogens (primary N) is 2. The minimum absolute atomic E-state index is 0. The molecule has 3 nitrogen and oxygen atoms in total. The highest BCUT2D eigenvalue weighted by Crippen LogP contribution is 2.10. The molecule has 0 saturated heterocycles. The maximum atomic E-state index is 13.2. The largest absolute Gasteiger partial charge is 0.384 e. The molecule has 1 heterocycles. The Labute approximate surface area is 107 Å². The number of anilines is 1. The maximum Gasteiger partial charge on any atom is 0.135 e. The molecule has 0 aliphatic carbocycles. The Morgan fingerprint density at radius 2 is 2.12 bits per heavy atom. The molecule has 0 amide bonds. The summed E-state index contributed by atoms with van der Waals surface area (Å²) in [5, 5.41) is 0.